The van der Waals surface area contributed by atoms with Crippen LogP contribution in [-0.4, -0.2) is 21.0 Å². The summed E-state index contributed by atoms with van der Waals surface area (Å²) in [6, 6.07) is 0.194. The highest BCUT2D eigenvalue weighted by molar-refractivity contribution is 5.88. The first-order valence-corrected chi connectivity index (χ1v) is 5.12. The van der Waals surface area contributed by atoms with E-state index in [0.717, 1.165) is 25.7 Å². The van der Waals surface area contributed by atoms with Gasteiger partial charge in [0.2, 0.25) is 0 Å². The molecule has 1 aliphatic carbocycles. The van der Waals surface area contributed by atoms with Crippen molar-refractivity contribution in [2.45, 2.75) is 38.1 Å². The van der Waals surface area contributed by atoms with Crippen molar-refractivity contribution in [3.8, 4) is 0 Å². The van der Waals surface area contributed by atoms with Crippen molar-refractivity contribution in [3.05, 3.63) is 5.69 Å². The molecule has 15 heavy (non-hydrogen) atoms. The number of hydrogen-bond donors (Lipinski definition) is 1. The summed E-state index contributed by atoms with van der Waals surface area (Å²) in [4.78, 5) is 10.6. The van der Waals surface area contributed by atoms with Gasteiger partial charge in [-0.15, -0.1) is 5.10 Å². The van der Waals surface area contributed by atoms with Crippen LogP contribution in [0.5, 0.6) is 0 Å². The summed E-state index contributed by atoms with van der Waals surface area (Å²) in [6.07, 6.45) is 5.45. The quantitative estimate of drug-likeness (QED) is 0.723. The number of aromatic carboxylic acids is 1. The lowest BCUT2D eigenvalue weighted by atomic mass is 9.96. The third kappa shape index (κ3) is 1.79. The van der Waals surface area contributed by atoms with Crippen molar-refractivity contribution in [2.24, 2.45) is 0 Å². The lowest BCUT2D eigenvalue weighted by molar-refractivity contribution is -0.255. The molecule has 1 aliphatic rings. The second kappa shape index (κ2) is 3.88. The molecule has 1 heterocycles. The largest absolute Gasteiger partial charge is 0.543 e. The molecule has 1 fully saturated rings. The second-order valence-electron chi connectivity index (χ2n) is 3.85. The molecule has 6 nitrogen and oxygen atoms in total. The minimum Gasteiger partial charge on any atom is -0.543 e. The highest BCUT2D eigenvalue weighted by Crippen LogP contribution is 2.29. The zero-order chi connectivity index (χ0) is 10.8. The second-order valence-corrected chi connectivity index (χ2v) is 3.85. The van der Waals surface area contributed by atoms with Gasteiger partial charge in [-0.2, -0.15) is 0 Å². The number of nitrogen functional groups attached to an aromatic ring is 1. The first-order chi connectivity index (χ1) is 7.20. The number of rotatable bonds is 2. The molecule has 0 amide bonds. The number of nitrogens with two attached hydrogens (primary N) is 1. The van der Waals surface area contributed by atoms with Gasteiger partial charge in [-0.3, -0.25) is 0 Å². The smallest absolute Gasteiger partial charge is 0.152 e. The van der Waals surface area contributed by atoms with Gasteiger partial charge in [-0.1, -0.05) is 24.5 Å². The van der Waals surface area contributed by atoms with Crippen LogP contribution < -0.4 is 10.8 Å². The number of carboxylic acids is 1. The fourth-order valence-corrected chi connectivity index (χ4v) is 2.04. The molecular weight excluding hydrogens is 196 g/mol. The Morgan fingerprint density at radius 3 is 2.60 bits per heavy atom. The van der Waals surface area contributed by atoms with Crippen LogP contribution in [0.4, 0.5) is 5.82 Å². The molecule has 1 aromatic heterocycles. The maximum absolute atomic E-state index is 10.6. The summed E-state index contributed by atoms with van der Waals surface area (Å²) >= 11 is 0. The van der Waals surface area contributed by atoms with Gasteiger partial charge >= 0.3 is 0 Å². The number of hydrogen-bond acceptors (Lipinski definition) is 5. The Hall–Kier alpha value is -1.59. The van der Waals surface area contributed by atoms with E-state index in [4.69, 9.17) is 5.73 Å². The number of anilines is 1. The first-order valence-electron chi connectivity index (χ1n) is 5.12. The van der Waals surface area contributed by atoms with Crippen molar-refractivity contribution in [1.82, 2.24) is 15.0 Å². The Kier molecular flexibility index (Phi) is 2.57. The van der Waals surface area contributed by atoms with E-state index in [1.54, 1.807) is 0 Å². The molecule has 0 spiro atoms. The minimum atomic E-state index is -1.37. The van der Waals surface area contributed by atoms with Gasteiger partial charge in [0.1, 0.15) is 0 Å². The van der Waals surface area contributed by atoms with Gasteiger partial charge in [0.15, 0.2) is 11.5 Å². The fraction of sp³-hybridized carbons (Fsp3) is 0.667. The van der Waals surface area contributed by atoms with Gasteiger partial charge in [0.05, 0.1) is 12.0 Å². The average Bonchev–Trinajstić information content (AvgIpc) is 2.61. The summed E-state index contributed by atoms with van der Waals surface area (Å²) in [5, 5.41) is 17.9. The molecule has 1 saturated carbocycles. The average molecular weight is 209 g/mol. The van der Waals surface area contributed by atoms with Crippen molar-refractivity contribution in [1.29, 1.82) is 0 Å². The molecule has 0 atom stereocenters. The summed E-state index contributed by atoms with van der Waals surface area (Å²) in [6.45, 7) is 0. The number of carbonyl (C=O) groups is 1. The Bertz CT molecular complexity index is 368. The number of carboxylic acid groups (broad SMARTS) is 1. The molecule has 2 N–H and O–H groups in total. The summed E-state index contributed by atoms with van der Waals surface area (Å²) in [5.74, 6) is -1.25. The lowest BCUT2D eigenvalue weighted by Crippen LogP contribution is -2.24. The van der Waals surface area contributed by atoms with Crippen molar-refractivity contribution >= 4 is 11.8 Å². The van der Waals surface area contributed by atoms with Crippen molar-refractivity contribution in [2.75, 3.05) is 5.73 Å². The Morgan fingerprint density at radius 2 is 2.07 bits per heavy atom. The van der Waals surface area contributed by atoms with E-state index in [-0.39, 0.29) is 17.6 Å². The minimum absolute atomic E-state index is 0.113. The van der Waals surface area contributed by atoms with E-state index in [1.807, 2.05) is 0 Å². The summed E-state index contributed by atoms with van der Waals surface area (Å²) < 4.78 is 1.52. The molecular formula is C9H13N4O2-. The van der Waals surface area contributed by atoms with E-state index >= 15 is 0 Å². The maximum atomic E-state index is 10.6. The van der Waals surface area contributed by atoms with Crippen LogP contribution >= 0.6 is 0 Å². The first kappa shape index (κ1) is 9.95. The molecule has 0 saturated heterocycles. The van der Waals surface area contributed by atoms with E-state index in [9.17, 15) is 9.90 Å². The van der Waals surface area contributed by atoms with Crippen LogP contribution in [-0.2, 0) is 0 Å². The van der Waals surface area contributed by atoms with Gasteiger partial charge in [-0.25, -0.2) is 4.68 Å². The lowest BCUT2D eigenvalue weighted by Gasteiger charge is -2.22. The standard InChI is InChI=1S/C9H14N4O2/c10-8-7(9(14)15)11-12-13(8)6-4-2-1-3-5-6/h6H,1-5,10H2,(H,14,15)/p-1. The van der Waals surface area contributed by atoms with Crippen LogP contribution in [0.1, 0.15) is 48.6 Å². The topological polar surface area (TPSA) is 96.9 Å². The van der Waals surface area contributed by atoms with E-state index in [1.165, 1.54) is 11.1 Å². The van der Waals surface area contributed by atoms with Gasteiger partial charge < -0.3 is 15.6 Å². The number of aromatic nitrogens is 3. The van der Waals surface area contributed by atoms with Crippen molar-refractivity contribution < 1.29 is 9.90 Å². The molecule has 0 aromatic carbocycles. The Balaban J connectivity index is 2.24. The molecule has 1 aromatic rings. The highest BCUT2D eigenvalue weighted by Gasteiger charge is 2.20. The molecule has 2 rings (SSSR count). The zero-order valence-corrected chi connectivity index (χ0v) is 8.35. The third-order valence-corrected chi connectivity index (χ3v) is 2.84. The summed E-state index contributed by atoms with van der Waals surface area (Å²) in [7, 11) is 0. The van der Waals surface area contributed by atoms with Crippen LogP contribution in [0.15, 0.2) is 0 Å². The van der Waals surface area contributed by atoms with E-state index in [0.29, 0.717) is 0 Å². The van der Waals surface area contributed by atoms with Crippen LogP contribution in [0.2, 0.25) is 0 Å². The summed E-state index contributed by atoms with van der Waals surface area (Å²) in [5.41, 5.74) is 5.40. The molecule has 0 bridgehead atoms. The normalized spacial score (nSPS) is 17.9. The van der Waals surface area contributed by atoms with E-state index in [2.05, 4.69) is 10.3 Å². The molecule has 0 unspecified atom stereocenters. The zero-order valence-electron chi connectivity index (χ0n) is 8.35. The van der Waals surface area contributed by atoms with Gasteiger partial charge in [0, 0.05) is 0 Å². The fourth-order valence-electron chi connectivity index (χ4n) is 2.04. The SMILES string of the molecule is Nc1c(C(=O)[O-])nnn1C1CCCCC1. The highest BCUT2D eigenvalue weighted by atomic mass is 16.4. The monoisotopic (exact) mass is 209 g/mol. The van der Waals surface area contributed by atoms with Crippen LogP contribution in [0, 0.1) is 0 Å². The molecule has 6 heteroatoms. The molecule has 0 aliphatic heterocycles. The predicted molar refractivity (Wildman–Crippen MR) is 50.9 cm³/mol. The number of nitrogens with zero attached hydrogens (tertiary/aromatic N) is 3. The van der Waals surface area contributed by atoms with Gasteiger partial charge in [-0.05, 0) is 12.8 Å². The Morgan fingerprint density at radius 1 is 1.40 bits per heavy atom. The Labute approximate surface area is 87.1 Å². The number of carbonyl (C=O) groups excluding carboxylic acids is 1. The predicted octanol–water partition coefficient (Wildman–Crippen LogP) is -0.271. The van der Waals surface area contributed by atoms with Gasteiger partial charge in [0.25, 0.3) is 0 Å². The van der Waals surface area contributed by atoms with E-state index < -0.39 is 5.97 Å². The maximum Gasteiger partial charge on any atom is 0.152 e. The van der Waals surface area contributed by atoms with Crippen molar-refractivity contribution in [3.63, 3.8) is 0 Å². The molecule has 82 valence electrons. The molecule has 0 radical (unpaired) electrons. The van der Waals surface area contributed by atoms with Crippen LogP contribution in [0.3, 0.4) is 0 Å². The van der Waals surface area contributed by atoms with Crippen LogP contribution in [0.25, 0.3) is 0 Å². The third-order valence-electron chi connectivity index (χ3n) is 2.84.